The lowest BCUT2D eigenvalue weighted by Gasteiger charge is -2.17. The lowest BCUT2D eigenvalue weighted by Crippen LogP contribution is -2.25. The Morgan fingerprint density at radius 1 is 1.15 bits per heavy atom. The number of rotatable bonds is 4. The Morgan fingerprint density at radius 2 is 1.75 bits per heavy atom. The summed E-state index contributed by atoms with van der Waals surface area (Å²) in [6.45, 7) is 2.66. The molecule has 1 aromatic rings. The van der Waals surface area contributed by atoms with Crippen LogP contribution in [0.2, 0.25) is 0 Å². The van der Waals surface area contributed by atoms with Crippen LogP contribution in [-0.4, -0.2) is 37.7 Å². The van der Waals surface area contributed by atoms with Gasteiger partial charge in [-0.3, -0.25) is 4.90 Å². The molecule has 0 aliphatic carbocycles. The van der Waals surface area contributed by atoms with E-state index in [-0.39, 0.29) is 18.2 Å². The van der Waals surface area contributed by atoms with E-state index in [4.69, 9.17) is 0 Å². The first-order valence-electron chi connectivity index (χ1n) is 6.67. The second-order valence-electron chi connectivity index (χ2n) is 5.39. The van der Waals surface area contributed by atoms with Gasteiger partial charge in [-0.1, -0.05) is 12.1 Å². The van der Waals surface area contributed by atoms with Crippen molar-refractivity contribution in [2.75, 3.05) is 26.2 Å². The van der Waals surface area contributed by atoms with Gasteiger partial charge in [0.2, 0.25) is 0 Å². The molecule has 0 bridgehead atoms. The maximum Gasteiger partial charge on any atom is 0.387 e. The molecule has 2 aliphatic rings. The van der Waals surface area contributed by atoms with Crippen molar-refractivity contribution in [3.8, 4) is 5.75 Å². The smallest absolute Gasteiger partial charge is 0.387 e. The molecule has 0 aromatic heterocycles. The van der Waals surface area contributed by atoms with E-state index in [0.29, 0.717) is 0 Å². The zero-order valence-corrected chi connectivity index (χ0v) is 11.9. The van der Waals surface area contributed by atoms with Gasteiger partial charge in [0.1, 0.15) is 5.75 Å². The van der Waals surface area contributed by atoms with Crippen LogP contribution >= 0.6 is 12.4 Å². The Morgan fingerprint density at radius 3 is 2.30 bits per heavy atom. The Kier molecular flexibility index (Phi) is 5.18. The molecule has 0 saturated carbocycles. The van der Waals surface area contributed by atoms with Crippen LogP contribution in [0.3, 0.4) is 0 Å². The number of fused-ring (bicyclic) bond motifs is 1. The normalized spacial score (nSPS) is 25.6. The van der Waals surface area contributed by atoms with Crippen LogP contribution in [-0.2, 0) is 6.54 Å². The molecule has 112 valence electrons. The zero-order chi connectivity index (χ0) is 13.2. The van der Waals surface area contributed by atoms with E-state index in [9.17, 15) is 8.78 Å². The summed E-state index contributed by atoms with van der Waals surface area (Å²) in [4.78, 5) is 2.44. The van der Waals surface area contributed by atoms with Crippen LogP contribution in [0.1, 0.15) is 5.56 Å². The predicted octanol–water partition coefficient (Wildman–Crippen LogP) is 2.36. The van der Waals surface area contributed by atoms with Gasteiger partial charge in [0.15, 0.2) is 0 Å². The van der Waals surface area contributed by atoms with Crippen molar-refractivity contribution in [2.45, 2.75) is 13.2 Å². The summed E-state index contributed by atoms with van der Waals surface area (Å²) < 4.78 is 28.4. The van der Waals surface area contributed by atoms with Crippen LogP contribution in [0, 0.1) is 11.8 Å². The van der Waals surface area contributed by atoms with Crippen molar-refractivity contribution < 1.29 is 13.5 Å². The molecule has 6 heteroatoms. The molecule has 2 aliphatic heterocycles. The number of benzene rings is 1. The average molecular weight is 305 g/mol. The molecule has 2 saturated heterocycles. The Bertz CT molecular complexity index is 418. The van der Waals surface area contributed by atoms with Crippen LogP contribution in [0.5, 0.6) is 5.75 Å². The van der Waals surface area contributed by atoms with Gasteiger partial charge in [-0.2, -0.15) is 8.78 Å². The summed E-state index contributed by atoms with van der Waals surface area (Å²) in [6.07, 6.45) is 0. The maximum absolute atomic E-state index is 12.0. The summed E-state index contributed by atoms with van der Waals surface area (Å²) >= 11 is 0. The molecule has 0 spiro atoms. The highest BCUT2D eigenvalue weighted by atomic mass is 35.5. The van der Waals surface area contributed by atoms with Crippen LogP contribution in [0.25, 0.3) is 0 Å². The van der Waals surface area contributed by atoms with Gasteiger partial charge in [-0.25, -0.2) is 0 Å². The molecule has 0 radical (unpaired) electrons. The largest absolute Gasteiger partial charge is 0.435 e. The van der Waals surface area contributed by atoms with Gasteiger partial charge in [-0.05, 0) is 42.6 Å². The van der Waals surface area contributed by atoms with Gasteiger partial charge in [0, 0.05) is 19.6 Å². The van der Waals surface area contributed by atoms with Gasteiger partial charge in [0.05, 0.1) is 0 Å². The summed E-state index contributed by atoms with van der Waals surface area (Å²) in [6, 6.07) is 6.95. The number of nitrogens with zero attached hydrogens (tertiary/aromatic N) is 1. The minimum absolute atomic E-state index is 0. The number of likely N-dealkylation sites (tertiary alicyclic amines) is 1. The van der Waals surface area contributed by atoms with Crippen molar-refractivity contribution in [3.05, 3.63) is 29.8 Å². The third-order valence-electron chi connectivity index (χ3n) is 4.02. The lowest BCUT2D eigenvalue weighted by molar-refractivity contribution is -0.0498. The number of hydrogen-bond acceptors (Lipinski definition) is 3. The van der Waals surface area contributed by atoms with Crippen LogP contribution < -0.4 is 10.1 Å². The van der Waals surface area contributed by atoms with Crippen molar-refractivity contribution in [3.63, 3.8) is 0 Å². The molecule has 1 N–H and O–H groups in total. The molecular formula is C14H19ClF2N2O. The first-order chi connectivity index (χ1) is 9.20. The second-order valence-corrected chi connectivity index (χ2v) is 5.39. The minimum atomic E-state index is -2.75. The number of hydrogen-bond donors (Lipinski definition) is 1. The standard InChI is InChI=1S/C14H18F2N2O.ClH/c15-14(16)19-13-3-1-10(2-4-13)7-18-8-11-5-17-6-12(11)9-18;/h1-4,11-12,14,17H,5-9H2;1H/t11-,12+;. The fourth-order valence-electron chi connectivity index (χ4n) is 3.12. The zero-order valence-electron chi connectivity index (χ0n) is 11.1. The lowest BCUT2D eigenvalue weighted by atomic mass is 10.0. The summed E-state index contributed by atoms with van der Waals surface area (Å²) in [7, 11) is 0. The predicted molar refractivity (Wildman–Crippen MR) is 75.4 cm³/mol. The second kappa shape index (κ2) is 6.70. The third kappa shape index (κ3) is 3.59. The fourth-order valence-corrected chi connectivity index (χ4v) is 3.12. The third-order valence-corrected chi connectivity index (χ3v) is 4.02. The van der Waals surface area contributed by atoms with Gasteiger partial charge >= 0.3 is 6.61 Å². The number of ether oxygens (including phenoxy) is 1. The minimum Gasteiger partial charge on any atom is -0.435 e. The maximum atomic E-state index is 12.0. The van der Waals surface area contributed by atoms with Gasteiger partial charge in [-0.15, -0.1) is 12.4 Å². The van der Waals surface area contributed by atoms with E-state index in [0.717, 1.165) is 50.1 Å². The molecule has 1 aromatic carbocycles. The van der Waals surface area contributed by atoms with Crippen molar-refractivity contribution in [1.29, 1.82) is 0 Å². The van der Waals surface area contributed by atoms with E-state index in [1.54, 1.807) is 12.1 Å². The Balaban J connectivity index is 0.00000147. The van der Waals surface area contributed by atoms with E-state index in [1.165, 1.54) is 0 Å². The van der Waals surface area contributed by atoms with Crippen LogP contribution in [0.4, 0.5) is 8.78 Å². The van der Waals surface area contributed by atoms with Gasteiger partial charge < -0.3 is 10.1 Å². The van der Waals surface area contributed by atoms with Crippen molar-refractivity contribution >= 4 is 12.4 Å². The van der Waals surface area contributed by atoms with Crippen LogP contribution in [0.15, 0.2) is 24.3 Å². The monoisotopic (exact) mass is 304 g/mol. The summed E-state index contributed by atoms with van der Waals surface area (Å²) in [5.74, 6) is 1.78. The Hall–Kier alpha value is -0.910. The van der Waals surface area contributed by atoms with E-state index in [1.807, 2.05) is 12.1 Å². The highest BCUT2D eigenvalue weighted by Crippen LogP contribution is 2.27. The topological polar surface area (TPSA) is 24.5 Å². The van der Waals surface area contributed by atoms with E-state index in [2.05, 4.69) is 15.0 Å². The SMILES string of the molecule is Cl.FC(F)Oc1ccc(CN2C[C@H]3CNC[C@H]3C2)cc1. The molecular weight excluding hydrogens is 286 g/mol. The summed E-state index contributed by atoms with van der Waals surface area (Å²) in [5, 5.41) is 3.42. The summed E-state index contributed by atoms with van der Waals surface area (Å²) in [5.41, 5.74) is 1.15. The van der Waals surface area contributed by atoms with E-state index >= 15 is 0 Å². The molecule has 2 fully saturated rings. The highest BCUT2D eigenvalue weighted by Gasteiger charge is 2.35. The van der Waals surface area contributed by atoms with Crippen molar-refractivity contribution in [1.82, 2.24) is 10.2 Å². The molecule has 3 rings (SSSR count). The first-order valence-corrected chi connectivity index (χ1v) is 6.67. The molecule has 0 unspecified atom stereocenters. The number of nitrogens with one attached hydrogen (secondary N) is 1. The van der Waals surface area contributed by atoms with Gasteiger partial charge in [0.25, 0.3) is 0 Å². The quantitative estimate of drug-likeness (QED) is 0.924. The molecule has 20 heavy (non-hydrogen) atoms. The van der Waals surface area contributed by atoms with E-state index < -0.39 is 6.61 Å². The molecule has 0 amide bonds. The fraction of sp³-hybridized carbons (Fsp3) is 0.571. The number of halogens is 3. The first kappa shape index (κ1) is 15.5. The Labute approximate surface area is 123 Å². The average Bonchev–Trinajstić information content (AvgIpc) is 2.91. The molecule has 3 nitrogen and oxygen atoms in total. The highest BCUT2D eigenvalue weighted by molar-refractivity contribution is 5.85. The number of alkyl halides is 2. The molecule has 2 atom stereocenters. The molecule has 2 heterocycles. The van der Waals surface area contributed by atoms with Crippen molar-refractivity contribution in [2.24, 2.45) is 11.8 Å².